The third kappa shape index (κ3) is 6.47. The maximum Gasteiger partial charge on any atom is 0.291 e. The van der Waals surface area contributed by atoms with E-state index in [0.717, 1.165) is 21.4 Å². The number of aromatic nitrogens is 3. The molecule has 0 N–H and O–H groups in total. The van der Waals surface area contributed by atoms with Crippen LogP contribution in [0.4, 0.5) is 0 Å². The predicted molar refractivity (Wildman–Crippen MR) is 171 cm³/mol. The molecule has 6 rings (SSSR count). The van der Waals surface area contributed by atoms with Crippen LogP contribution in [0.5, 0.6) is 0 Å². The van der Waals surface area contributed by atoms with Gasteiger partial charge in [0.1, 0.15) is 4.21 Å². The molecule has 2 saturated heterocycles. The first kappa shape index (κ1) is 32.0. The number of nitrogens with zero attached hydrogens (tertiary/aromatic N) is 6. The summed E-state index contributed by atoms with van der Waals surface area (Å²) in [5.41, 5.74) is 1.36. The molecule has 240 valence electrons. The number of hydrogen-bond acceptors (Lipinski definition) is 10. The second-order valence-electron chi connectivity index (χ2n) is 10.8. The van der Waals surface area contributed by atoms with Gasteiger partial charge in [0.15, 0.2) is 6.20 Å². The summed E-state index contributed by atoms with van der Waals surface area (Å²) in [5.74, 6) is 1.55. The highest BCUT2D eigenvalue weighted by Crippen LogP contribution is 2.33. The third-order valence-electron chi connectivity index (χ3n) is 8.00. The molecule has 1 aromatic carbocycles. The first-order valence-corrected chi connectivity index (χ1v) is 18.3. The van der Waals surface area contributed by atoms with Crippen molar-refractivity contribution < 1.29 is 31.1 Å². The fourth-order valence-corrected chi connectivity index (χ4v) is 10.1. The highest BCUT2D eigenvalue weighted by molar-refractivity contribution is 7.91. The van der Waals surface area contributed by atoms with Gasteiger partial charge in [0.25, 0.3) is 15.9 Å². The number of piperazine rings is 1. The number of rotatable bonds is 8. The van der Waals surface area contributed by atoms with Gasteiger partial charge >= 0.3 is 0 Å². The van der Waals surface area contributed by atoms with E-state index >= 15 is 0 Å². The van der Waals surface area contributed by atoms with E-state index in [1.54, 1.807) is 42.5 Å². The molecular weight excluding hydrogens is 653 g/mol. The number of morpholine rings is 1. The average Bonchev–Trinajstić information content (AvgIpc) is 3.52. The van der Waals surface area contributed by atoms with E-state index in [2.05, 4.69) is 15.9 Å². The van der Waals surface area contributed by atoms with Gasteiger partial charge in [0.05, 0.1) is 24.5 Å². The number of carbonyl (C=O) groups excluding carboxylic acids is 1. The van der Waals surface area contributed by atoms with Crippen LogP contribution in [0.1, 0.15) is 22.6 Å². The van der Waals surface area contributed by atoms with Crippen molar-refractivity contribution in [3.05, 3.63) is 77.7 Å². The van der Waals surface area contributed by atoms with Crippen LogP contribution in [0.15, 0.2) is 65.3 Å². The first-order chi connectivity index (χ1) is 22.1. The molecule has 2 aliphatic rings. The lowest BCUT2D eigenvalue weighted by Gasteiger charge is -2.40. The molecule has 1 unspecified atom stereocenters. The lowest BCUT2D eigenvalue weighted by Crippen LogP contribution is -2.57. The number of amides is 1. The molecule has 1 amide bonds. The minimum atomic E-state index is -3.98. The third-order valence-corrected chi connectivity index (χ3v) is 13.3. The van der Waals surface area contributed by atoms with E-state index in [9.17, 15) is 26.8 Å². The summed E-state index contributed by atoms with van der Waals surface area (Å²) in [4.78, 5) is 23.6. The zero-order valence-corrected chi connectivity index (χ0v) is 27.0. The molecule has 2 fully saturated rings. The second-order valence-corrected chi connectivity index (χ2v) is 16.1. The summed E-state index contributed by atoms with van der Waals surface area (Å²) >= 11 is 1.11. The van der Waals surface area contributed by atoms with Crippen molar-refractivity contribution in [1.29, 1.82) is 0 Å². The summed E-state index contributed by atoms with van der Waals surface area (Å²) in [6, 6.07) is 11.0. The van der Waals surface area contributed by atoms with Crippen LogP contribution in [0.25, 0.3) is 21.3 Å². The summed E-state index contributed by atoms with van der Waals surface area (Å²) < 4.78 is 63.6. The van der Waals surface area contributed by atoms with Crippen LogP contribution in [0.3, 0.4) is 0 Å². The van der Waals surface area contributed by atoms with Crippen molar-refractivity contribution in [2.24, 2.45) is 0 Å². The van der Waals surface area contributed by atoms with Gasteiger partial charge in [-0.2, -0.15) is 13.3 Å². The Bertz CT molecular complexity index is 2020. The van der Waals surface area contributed by atoms with Crippen LogP contribution in [0, 0.1) is 17.6 Å². The molecule has 1 atom stereocenters. The standard InChI is InChI=1S/C30H30N6O7S3/c1-2-22-6-7-23-18-28(44-27(23)17-22)46(41,42)34-10-11-35(25(21-34)8-16-45(39,40)33-12-14-43-15-13-33)30(37)29-31-19-24(20-32-29)26-5-3-4-9-36(26)38/h1,3-7,9,17-20,25H,8,10-16,21H2. The van der Waals surface area contributed by atoms with Crippen LogP contribution < -0.4 is 4.73 Å². The number of benzene rings is 1. The zero-order valence-electron chi connectivity index (χ0n) is 24.6. The molecule has 0 spiro atoms. The van der Waals surface area contributed by atoms with Gasteiger partial charge in [-0.15, -0.1) is 17.8 Å². The number of ether oxygens (including phenoxy) is 1. The Morgan fingerprint density at radius 3 is 2.52 bits per heavy atom. The maximum atomic E-state index is 13.9. The van der Waals surface area contributed by atoms with Crippen LogP contribution >= 0.6 is 11.3 Å². The monoisotopic (exact) mass is 682 g/mol. The Morgan fingerprint density at radius 1 is 1.04 bits per heavy atom. The van der Waals surface area contributed by atoms with Crippen molar-refractivity contribution >= 4 is 47.4 Å². The fraction of sp³-hybridized carbons (Fsp3) is 0.333. The highest BCUT2D eigenvalue weighted by Gasteiger charge is 2.39. The summed E-state index contributed by atoms with van der Waals surface area (Å²) in [6.07, 6.45) is 9.59. The van der Waals surface area contributed by atoms with E-state index in [0.29, 0.717) is 34.8 Å². The molecule has 3 aromatic heterocycles. The second kappa shape index (κ2) is 13.0. The van der Waals surface area contributed by atoms with Crippen molar-refractivity contribution in [3.8, 4) is 23.6 Å². The van der Waals surface area contributed by atoms with Crippen LogP contribution in [-0.4, -0.2) is 104 Å². The largest absolute Gasteiger partial charge is 0.618 e. The van der Waals surface area contributed by atoms with E-state index in [-0.39, 0.29) is 54.9 Å². The number of sulfonamides is 2. The molecule has 46 heavy (non-hydrogen) atoms. The van der Waals surface area contributed by atoms with Gasteiger partial charge in [-0.05, 0) is 36.1 Å². The zero-order chi connectivity index (χ0) is 32.5. The number of fused-ring (bicyclic) bond motifs is 1. The summed E-state index contributed by atoms with van der Waals surface area (Å²) in [7, 11) is -7.68. The molecular formula is C30H30N6O7S3. The Hall–Kier alpha value is -3.98. The van der Waals surface area contributed by atoms with E-state index in [1.165, 1.54) is 32.1 Å². The smallest absolute Gasteiger partial charge is 0.291 e. The van der Waals surface area contributed by atoms with Gasteiger partial charge in [0, 0.05) is 73.6 Å². The lowest BCUT2D eigenvalue weighted by atomic mass is 10.1. The van der Waals surface area contributed by atoms with Gasteiger partial charge in [-0.1, -0.05) is 12.0 Å². The normalized spacial score (nSPS) is 18.4. The number of carbonyl (C=O) groups is 1. The SMILES string of the molecule is C#Cc1ccc2cc(S(=O)(=O)N3CCN(C(=O)c4ncc(-c5cccc[n+]5[O-])cn4)C(CCS(=O)(=O)N4CCOCC4)C3)sc2c1. The topological polar surface area (TPSA) is 157 Å². The first-order valence-electron chi connectivity index (χ1n) is 14.4. The Balaban J connectivity index is 1.26. The Morgan fingerprint density at radius 2 is 1.80 bits per heavy atom. The lowest BCUT2D eigenvalue weighted by molar-refractivity contribution is -0.593. The van der Waals surface area contributed by atoms with Gasteiger partial charge < -0.3 is 14.8 Å². The Kier molecular flexibility index (Phi) is 9.06. The van der Waals surface area contributed by atoms with Crippen molar-refractivity contribution in [3.63, 3.8) is 0 Å². The maximum absolute atomic E-state index is 13.9. The Labute approximate surface area is 270 Å². The average molecular weight is 683 g/mol. The van der Waals surface area contributed by atoms with Crippen molar-refractivity contribution in [2.45, 2.75) is 16.7 Å². The summed E-state index contributed by atoms with van der Waals surface area (Å²) in [6.45, 7) is 0.914. The van der Waals surface area contributed by atoms with Gasteiger partial charge in [-0.25, -0.2) is 26.8 Å². The fourth-order valence-electron chi connectivity index (χ4n) is 5.50. The van der Waals surface area contributed by atoms with Crippen LogP contribution in [0.2, 0.25) is 0 Å². The number of pyridine rings is 1. The molecule has 2 aliphatic heterocycles. The molecule has 0 aliphatic carbocycles. The van der Waals surface area contributed by atoms with Gasteiger partial charge in [-0.3, -0.25) is 4.79 Å². The van der Waals surface area contributed by atoms with Gasteiger partial charge in [0.2, 0.25) is 21.5 Å². The van der Waals surface area contributed by atoms with E-state index in [4.69, 9.17) is 11.2 Å². The minimum absolute atomic E-state index is 0.00315. The molecule has 0 radical (unpaired) electrons. The number of terminal acetylenes is 1. The van der Waals surface area contributed by atoms with E-state index in [1.807, 2.05) is 0 Å². The quantitative estimate of drug-likeness (QED) is 0.153. The predicted octanol–water partition coefficient (Wildman–Crippen LogP) is 1.54. The molecule has 4 aromatic rings. The van der Waals surface area contributed by atoms with E-state index < -0.39 is 32.0 Å². The molecule has 5 heterocycles. The van der Waals surface area contributed by atoms with Crippen LogP contribution in [-0.2, 0) is 24.8 Å². The summed E-state index contributed by atoms with van der Waals surface area (Å²) in [5, 5.41) is 12.9. The minimum Gasteiger partial charge on any atom is -0.618 e. The van der Waals surface area contributed by atoms with Crippen molar-refractivity contribution in [2.75, 3.05) is 51.7 Å². The molecule has 0 bridgehead atoms. The number of hydrogen-bond donors (Lipinski definition) is 0. The molecule has 0 saturated carbocycles. The van der Waals surface area contributed by atoms with Crippen molar-refractivity contribution in [1.82, 2.24) is 23.5 Å². The molecule has 13 nitrogen and oxygen atoms in total. The number of thiophene rings is 1. The highest BCUT2D eigenvalue weighted by atomic mass is 32.2. The molecule has 16 heteroatoms.